The maximum absolute atomic E-state index is 9.20. The summed E-state index contributed by atoms with van der Waals surface area (Å²) in [5.74, 6) is 0.278. The van der Waals surface area contributed by atoms with Crippen LogP contribution in [0, 0.1) is 6.92 Å². The van der Waals surface area contributed by atoms with Crippen LogP contribution in [0.15, 0.2) is 42.5 Å². The minimum absolute atomic E-state index is 0.278. The third kappa shape index (κ3) is 1.94. The van der Waals surface area contributed by atoms with Crippen LogP contribution < -0.4 is 5.73 Å². The van der Waals surface area contributed by atoms with Gasteiger partial charge < -0.3 is 10.8 Å². The van der Waals surface area contributed by atoms with Crippen LogP contribution in [-0.2, 0) is 0 Å². The van der Waals surface area contributed by atoms with E-state index in [1.165, 1.54) is 5.56 Å². The molecule has 0 spiro atoms. The smallest absolute Gasteiger partial charge is 0.115 e. The second kappa shape index (κ2) is 3.65. The average molecular weight is 199 g/mol. The number of rotatable bonds is 1. The first-order chi connectivity index (χ1) is 7.16. The number of hydrogen-bond acceptors (Lipinski definition) is 2. The van der Waals surface area contributed by atoms with Gasteiger partial charge in [0, 0.05) is 5.69 Å². The zero-order valence-electron chi connectivity index (χ0n) is 8.57. The molecule has 0 saturated heterocycles. The van der Waals surface area contributed by atoms with Gasteiger partial charge in [0.15, 0.2) is 0 Å². The summed E-state index contributed by atoms with van der Waals surface area (Å²) in [6, 6.07) is 13.0. The van der Waals surface area contributed by atoms with E-state index in [4.69, 9.17) is 5.73 Å². The van der Waals surface area contributed by atoms with Gasteiger partial charge in [0.05, 0.1) is 0 Å². The Morgan fingerprint density at radius 1 is 1.00 bits per heavy atom. The van der Waals surface area contributed by atoms with E-state index in [1.807, 2.05) is 37.3 Å². The highest BCUT2D eigenvalue weighted by Gasteiger charge is 2.01. The summed E-state index contributed by atoms with van der Waals surface area (Å²) in [6.45, 7) is 2.04. The fourth-order valence-electron chi connectivity index (χ4n) is 1.59. The van der Waals surface area contributed by atoms with Gasteiger partial charge in [-0.1, -0.05) is 18.2 Å². The number of nitrogen functional groups attached to an aromatic ring is 1. The molecule has 2 aromatic rings. The lowest BCUT2D eigenvalue weighted by molar-refractivity contribution is 0.475. The molecule has 0 unspecified atom stereocenters. The number of phenols is 1. The van der Waals surface area contributed by atoms with Crippen molar-refractivity contribution in [2.45, 2.75) is 6.92 Å². The molecule has 0 aromatic heterocycles. The first-order valence-corrected chi connectivity index (χ1v) is 4.82. The van der Waals surface area contributed by atoms with Gasteiger partial charge in [-0.3, -0.25) is 0 Å². The number of phenolic OH excluding ortho intramolecular Hbond substituents is 1. The molecule has 0 radical (unpaired) electrons. The van der Waals surface area contributed by atoms with Crippen molar-refractivity contribution >= 4 is 5.69 Å². The molecule has 0 atom stereocenters. The van der Waals surface area contributed by atoms with Crippen molar-refractivity contribution in [2.75, 3.05) is 5.73 Å². The molecule has 0 bridgehead atoms. The third-order valence-corrected chi connectivity index (χ3v) is 2.44. The van der Waals surface area contributed by atoms with Crippen LogP contribution in [0.25, 0.3) is 11.1 Å². The second-order valence-electron chi connectivity index (χ2n) is 3.62. The Morgan fingerprint density at radius 2 is 1.67 bits per heavy atom. The lowest BCUT2D eigenvalue weighted by Gasteiger charge is -2.07. The Labute approximate surface area is 89.0 Å². The lowest BCUT2D eigenvalue weighted by atomic mass is 10.00. The van der Waals surface area contributed by atoms with Gasteiger partial charge in [-0.2, -0.15) is 0 Å². The van der Waals surface area contributed by atoms with Crippen LogP contribution in [0.5, 0.6) is 5.75 Å². The zero-order chi connectivity index (χ0) is 10.8. The molecule has 2 aromatic carbocycles. The summed E-state index contributed by atoms with van der Waals surface area (Å²) in [6.07, 6.45) is 0. The maximum Gasteiger partial charge on any atom is 0.115 e. The molecular formula is C13H13NO. The lowest BCUT2D eigenvalue weighted by Crippen LogP contribution is -1.88. The molecule has 0 aliphatic carbocycles. The van der Waals surface area contributed by atoms with Crippen molar-refractivity contribution in [2.24, 2.45) is 0 Å². The molecule has 76 valence electrons. The average Bonchev–Trinajstić information content (AvgIpc) is 2.23. The maximum atomic E-state index is 9.20. The van der Waals surface area contributed by atoms with Crippen molar-refractivity contribution in [1.82, 2.24) is 0 Å². The van der Waals surface area contributed by atoms with Gasteiger partial charge in [0.2, 0.25) is 0 Å². The van der Waals surface area contributed by atoms with Crippen LogP contribution >= 0.6 is 0 Å². The molecule has 3 N–H and O–H groups in total. The fourth-order valence-corrected chi connectivity index (χ4v) is 1.59. The number of anilines is 1. The molecule has 0 aliphatic rings. The zero-order valence-corrected chi connectivity index (χ0v) is 8.57. The molecule has 0 aliphatic heterocycles. The minimum Gasteiger partial charge on any atom is -0.508 e. The molecule has 2 nitrogen and oxygen atoms in total. The Bertz CT molecular complexity index is 474. The van der Waals surface area contributed by atoms with E-state index in [1.54, 1.807) is 12.1 Å². The van der Waals surface area contributed by atoms with Gasteiger partial charge >= 0.3 is 0 Å². The monoisotopic (exact) mass is 199 g/mol. The molecule has 0 fully saturated rings. The molecule has 0 heterocycles. The first-order valence-electron chi connectivity index (χ1n) is 4.82. The highest BCUT2D eigenvalue weighted by atomic mass is 16.3. The molecule has 2 rings (SSSR count). The van der Waals surface area contributed by atoms with Crippen LogP contribution in [-0.4, -0.2) is 5.11 Å². The number of aryl methyl sites for hydroxylation is 1. The van der Waals surface area contributed by atoms with E-state index in [9.17, 15) is 5.11 Å². The van der Waals surface area contributed by atoms with E-state index in [2.05, 4.69) is 0 Å². The Balaban J connectivity index is 2.53. The van der Waals surface area contributed by atoms with E-state index in [-0.39, 0.29) is 5.75 Å². The number of benzene rings is 2. The predicted octanol–water partition coefficient (Wildman–Crippen LogP) is 2.95. The molecular weight excluding hydrogens is 186 g/mol. The van der Waals surface area contributed by atoms with Gasteiger partial charge in [0.25, 0.3) is 0 Å². The van der Waals surface area contributed by atoms with Crippen LogP contribution in [0.3, 0.4) is 0 Å². The Kier molecular flexibility index (Phi) is 2.34. The molecule has 0 amide bonds. The van der Waals surface area contributed by atoms with Crippen molar-refractivity contribution in [3.8, 4) is 16.9 Å². The normalized spacial score (nSPS) is 10.2. The van der Waals surface area contributed by atoms with Crippen molar-refractivity contribution in [3.05, 3.63) is 48.0 Å². The number of nitrogens with two attached hydrogens (primary N) is 1. The second-order valence-corrected chi connectivity index (χ2v) is 3.62. The molecule has 15 heavy (non-hydrogen) atoms. The van der Waals surface area contributed by atoms with E-state index in [0.717, 1.165) is 16.8 Å². The highest BCUT2D eigenvalue weighted by Crippen LogP contribution is 2.26. The van der Waals surface area contributed by atoms with Crippen LogP contribution in [0.1, 0.15) is 5.56 Å². The SMILES string of the molecule is Cc1ccc(N)cc1-c1ccc(O)cc1. The summed E-state index contributed by atoms with van der Waals surface area (Å²) >= 11 is 0. The molecule has 0 saturated carbocycles. The van der Waals surface area contributed by atoms with Gasteiger partial charge in [-0.25, -0.2) is 0 Å². The summed E-state index contributed by atoms with van der Waals surface area (Å²) in [7, 11) is 0. The number of hydrogen-bond donors (Lipinski definition) is 2. The first kappa shape index (κ1) is 9.59. The topological polar surface area (TPSA) is 46.2 Å². The number of aromatic hydroxyl groups is 1. The highest BCUT2D eigenvalue weighted by molar-refractivity contribution is 5.71. The fraction of sp³-hybridized carbons (Fsp3) is 0.0769. The van der Waals surface area contributed by atoms with Crippen LogP contribution in [0.2, 0.25) is 0 Å². The summed E-state index contributed by atoms with van der Waals surface area (Å²) in [5.41, 5.74) is 9.85. The van der Waals surface area contributed by atoms with Crippen molar-refractivity contribution in [3.63, 3.8) is 0 Å². The van der Waals surface area contributed by atoms with E-state index >= 15 is 0 Å². The quantitative estimate of drug-likeness (QED) is 0.693. The summed E-state index contributed by atoms with van der Waals surface area (Å²) in [4.78, 5) is 0. The standard InChI is InChI=1S/C13H13NO/c1-9-2-5-11(14)8-13(9)10-3-6-12(15)7-4-10/h2-8,15H,14H2,1H3. The third-order valence-electron chi connectivity index (χ3n) is 2.44. The summed E-state index contributed by atoms with van der Waals surface area (Å²) < 4.78 is 0. The largest absolute Gasteiger partial charge is 0.508 e. The van der Waals surface area contributed by atoms with Crippen molar-refractivity contribution < 1.29 is 5.11 Å². The summed E-state index contributed by atoms with van der Waals surface area (Å²) in [5, 5.41) is 9.20. The van der Waals surface area contributed by atoms with Crippen LogP contribution in [0.4, 0.5) is 5.69 Å². The predicted molar refractivity (Wildman–Crippen MR) is 62.7 cm³/mol. The van der Waals surface area contributed by atoms with Gasteiger partial charge in [-0.05, 0) is 47.9 Å². The van der Waals surface area contributed by atoms with Crippen molar-refractivity contribution in [1.29, 1.82) is 0 Å². The van der Waals surface area contributed by atoms with Gasteiger partial charge in [-0.15, -0.1) is 0 Å². The minimum atomic E-state index is 0.278. The Hall–Kier alpha value is -1.96. The Morgan fingerprint density at radius 3 is 2.33 bits per heavy atom. The van der Waals surface area contributed by atoms with Gasteiger partial charge in [0.1, 0.15) is 5.75 Å². The molecule has 2 heteroatoms. The van der Waals surface area contributed by atoms with E-state index < -0.39 is 0 Å². The van der Waals surface area contributed by atoms with E-state index in [0.29, 0.717) is 0 Å².